The van der Waals surface area contributed by atoms with Gasteiger partial charge in [-0.15, -0.1) is 0 Å². The SMILES string of the molecule is COC(C)c1nc2cc(C(=O)O)ccc2n1-c1cccc(N2CCN(C(C)OC)CC2)c1. The van der Waals surface area contributed by atoms with Crippen molar-refractivity contribution in [3.63, 3.8) is 0 Å². The molecular formula is C24H30N4O4. The summed E-state index contributed by atoms with van der Waals surface area (Å²) in [5, 5.41) is 9.37. The van der Waals surface area contributed by atoms with Gasteiger partial charge >= 0.3 is 5.97 Å². The number of rotatable bonds is 7. The highest BCUT2D eigenvalue weighted by molar-refractivity contribution is 5.93. The number of benzene rings is 2. The summed E-state index contributed by atoms with van der Waals surface area (Å²) >= 11 is 0. The highest BCUT2D eigenvalue weighted by Crippen LogP contribution is 2.29. The van der Waals surface area contributed by atoms with E-state index in [2.05, 4.69) is 33.4 Å². The number of carboxylic acids is 1. The van der Waals surface area contributed by atoms with Crippen molar-refractivity contribution in [3.05, 3.63) is 53.9 Å². The number of methoxy groups -OCH3 is 2. The van der Waals surface area contributed by atoms with E-state index in [1.165, 1.54) is 0 Å². The number of ether oxygens (including phenoxy) is 2. The molecule has 1 aromatic heterocycles. The van der Waals surface area contributed by atoms with Crippen LogP contribution in [0.2, 0.25) is 0 Å². The lowest BCUT2D eigenvalue weighted by Crippen LogP contribution is -2.50. The van der Waals surface area contributed by atoms with Crippen LogP contribution in [0.3, 0.4) is 0 Å². The number of imidazole rings is 1. The molecule has 0 aliphatic carbocycles. The summed E-state index contributed by atoms with van der Waals surface area (Å²) in [4.78, 5) is 20.9. The molecule has 2 heterocycles. The lowest BCUT2D eigenvalue weighted by atomic mass is 10.2. The topological polar surface area (TPSA) is 80.1 Å². The average molecular weight is 439 g/mol. The minimum atomic E-state index is -0.966. The molecule has 0 spiro atoms. The third-order valence-corrected chi connectivity index (χ3v) is 6.27. The summed E-state index contributed by atoms with van der Waals surface area (Å²) in [6.07, 6.45) is -0.131. The van der Waals surface area contributed by atoms with Gasteiger partial charge in [-0.05, 0) is 50.2 Å². The van der Waals surface area contributed by atoms with Crippen LogP contribution in [0, 0.1) is 0 Å². The van der Waals surface area contributed by atoms with Crippen molar-refractivity contribution in [2.24, 2.45) is 0 Å². The van der Waals surface area contributed by atoms with Crippen molar-refractivity contribution in [1.82, 2.24) is 14.5 Å². The van der Waals surface area contributed by atoms with Crippen LogP contribution in [0.1, 0.15) is 36.1 Å². The van der Waals surface area contributed by atoms with Crippen molar-refractivity contribution in [2.45, 2.75) is 26.2 Å². The Morgan fingerprint density at radius 1 is 1.00 bits per heavy atom. The largest absolute Gasteiger partial charge is 0.478 e. The molecule has 2 atom stereocenters. The summed E-state index contributed by atoms with van der Waals surface area (Å²) in [7, 11) is 3.39. The first-order valence-electron chi connectivity index (χ1n) is 10.8. The Hall–Kier alpha value is -2.94. The molecule has 32 heavy (non-hydrogen) atoms. The summed E-state index contributed by atoms with van der Waals surface area (Å²) in [5.41, 5.74) is 3.82. The number of hydrogen-bond acceptors (Lipinski definition) is 6. The van der Waals surface area contributed by atoms with Gasteiger partial charge in [-0.25, -0.2) is 9.78 Å². The summed E-state index contributed by atoms with van der Waals surface area (Å²) in [6.45, 7) is 7.75. The number of nitrogens with zero attached hydrogens (tertiary/aromatic N) is 4. The van der Waals surface area contributed by atoms with Gasteiger partial charge in [-0.3, -0.25) is 9.47 Å². The van der Waals surface area contributed by atoms with Gasteiger partial charge in [0.15, 0.2) is 0 Å². The molecule has 1 fully saturated rings. The van der Waals surface area contributed by atoms with E-state index >= 15 is 0 Å². The Bertz CT molecular complexity index is 1100. The van der Waals surface area contributed by atoms with E-state index < -0.39 is 5.97 Å². The van der Waals surface area contributed by atoms with E-state index in [-0.39, 0.29) is 17.9 Å². The van der Waals surface area contributed by atoms with Crippen LogP contribution in [-0.4, -0.2) is 72.2 Å². The van der Waals surface area contributed by atoms with Crippen LogP contribution in [0.4, 0.5) is 5.69 Å². The van der Waals surface area contributed by atoms with Gasteiger partial charge in [0.25, 0.3) is 0 Å². The van der Waals surface area contributed by atoms with Crippen LogP contribution in [0.15, 0.2) is 42.5 Å². The highest BCUT2D eigenvalue weighted by atomic mass is 16.5. The minimum absolute atomic E-state index is 0.120. The van der Waals surface area contributed by atoms with E-state index in [0.717, 1.165) is 48.9 Å². The molecular weight excluding hydrogens is 408 g/mol. The smallest absolute Gasteiger partial charge is 0.335 e. The van der Waals surface area contributed by atoms with Crippen LogP contribution >= 0.6 is 0 Å². The van der Waals surface area contributed by atoms with Crippen molar-refractivity contribution >= 4 is 22.7 Å². The molecule has 1 aliphatic heterocycles. The van der Waals surface area contributed by atoms with Crippen molar-refractivity contribution in [3.8, 4) is 5.69 Å². The fraction of sp³-hybridized carbons (Fsp3) is 0.417. The zero-order valence-corrected chi connectivity index (χ0v) is 19.0. The molecule has 1 aliphatic rings. The van der Waals surface area contributed by atoms with Gasteiger partial charge in [0.2, 0.25) is 0 Å². The summed E-state index contributed by atoms with van der Waals surface area (Å²) in [6, 6.07) is 13.4. The molecule has 1 N–H and O–H groups in total. The Balaban J connectivity index is 1.71. The predicted molar refractivity (Wildman–Crippen MR) is 124 cm³/mol. The third-order valence-electron chi connectivity index (χ3n) is 6.27. The van der Waals surface area contributed by atoms with Gasteiger partial charge in [-0.2, -0.15) is 0 Å². The zero-order chi connectivity index (χ0) is 22.8. The fourth-order valence-corrected chi connectivity index (χ4v) is 4.20. The number of hydrogen-bond donors (Lipinski definition) is 1. The first kappa shape index (κ1) is 22.3. The van der Waals surface area contributed by atoms with Crippen molar-refractivity contribution in [1.29, 1.82) is 0 Å². The number of piperazine rings is 1. The summed E-state index contributed by atoms with van der Waals surface area (Å²) < 4.78 is 13.1. The molecule has 8 heteroatoms. The van der Waals surface area contributed by atoms with Crippen LogP contribution in [0.5, 0.6) is 0 Å². The molecule has 4 rings (SSSR count). The Morgan fingerprint density at radius 3 is 2.38 bits per heavy atom. The Labute approximate surface area is 188 Å². The molecule has 0 bridgehead atoms. The maximum Gasteiger partial charge on any atom is 0.335 e. The second-order valence-corrected chi connectivity index (χ2v) is 8.07. The van der Waals surface area contributed by atoms with Gasteiger partial charge in [-0.1, -0.05) is 6.07 Å². The van der Waals surface area contributed by atoms with Crippen molar-refractivity contribution < 1.29 is 19.4 Å². The van der Waals surface area contributed by atoms with E-state index in [9.17, 15) is 9.90 Å². The van der Waals surface area contributed by atoms with Crippen molar-refractivity contribution in [2.75, 3.05) is 45.3 Å². The van der Waals surface area contributed by atoms with E-state index in [1.807, 2.05) is 25.1 Å². The first-order chi connectivity index (χ1) is 15.4. The molecule has 0 radical (unpaired) electrons. The Kier molecular flexibility index (Phi) is 6.45. The quantitative estimate of drug-likeness (QED) is 0.604. The van der Waals surface area contributed by atoms with E-state index in [4.69, 9.17) is 14.5 Å². The lowest BCUT2D eigenvalue weighted by molar-refractivity contribution is -0.0212. The zero-order valence-electron chi connectivity index (χ0n) is 19.0. The monoisotopic (exact) mass is 438 g/mol. The highest BCUT2D eigenvalue weighted by Gasteiger charge is 2.23. The first-order valence-corrected chi connectivity index (χ1v) is 10.8. The van der Waals surface area contributed by atoms with Crippen LogP contribution in [-0.2, 0) is 9.47 Å². The maximum absolute atomic E-state index is 11.4. The molecule has 0 saturated carbocycles. The minimum Gasteiger partial charge on any atom is -0.478 e. The molecule has 1 saturated heterocycles. The molecule has 2 unspecified atom stereocenters. The van der Waals surface area contributed by atoms with Gasteiger partial charge in [0.05, 0.1) is 16.6 Å². The molecule has 2 aromatic carbocycles. The standard InChI is InChI=1S/C24H30N4O4/c1-16(31-3)23-25-21-14-18(24(29)30)8-9-22(21)28(23)20-7-5-6-19(15-20)27-12-10-26(11-13-27)17(2)32-4/h5-9,14-17H,10-13H2,1-4H3,(H,29,30). The lowest BCUT2D eigenvalue weighted by Gasteiger charge is -2.38. The van der Waals surface area contributed by atoms with Gasteiger partial charge < -0.3 is 19.5 Å². The number of aromatic carboxylic acids is 1. The second kappa shape index (κ2) is 9.28. The number of carbonyl (C=O) groups is 1. The number of anilines is 1. The van der Waals surface area contributed by atoms with Crippen LogP contribution in [0.25, 0.3) is 16.7 Å². The fourth-order valence-electron chi connectivity index (χ4n) is 4.20. The van der Waals surface area contributed by atoms with Crippen LogP contribution < -0.4 is 4.90 Å². The number of fused-ring (bicyclic) bond motifs is 1. The second-order valence-electron chi connectivity index (χ2n) is 8.07. The number of aromatic nitrogens is 2. The molecule has 0 amide bonds. The average Bonchev–Trinajstić information content (AvgIpc) is 3.22. The predicted octanol–water partition coefficient (Wildman–Crippen LogP) is 3.55. The van der Waals surface area contributed by atoms with Gasteiger partial charge in [0, 0.05) is 51.8 Å². The molecule has 8 nitrogen and oxygen atoms in total. The van der Waals surface area contributed by atoms with E-state index in [1.54, 1.807) is 26.4 Å². The molecule has 170 valence electrons. The number of carboxylic acid groups (broad SMARTS) is 1. The van der Waals surface area contributed by atoms with E-state index in [0.29, 0.717) is 5.52 Å². The summed E-state index contributed by atoms with van der Waals surface area (Å²) in [5.74, 6) is -0.229. The third kappa shape index (κ3) is 4.21. The normalized spacial score (nSPS) is 16.9. The molecule has 3 aromatic rings. The maximum atomic E-state index is 11.4. The Morgan fingerprint density at radius 2 is 1.72 bits per heavy atom. The van der Waals surface area contributed by atoms with Gasteiger partial charge in [0.1, 0.15) is 18.2 Å².